The molecule has 146 valence electrons. The number of aromatic nitrogens is 4. The standard InChI is InChI=1S/C22H28N6/c1-18(2)21(22-23-24-25-28(22)17-19-9-5-3-6-10-19)27-15-13-26(14-16-27)20-11-7-4-8-12-20/h3-12,18,21H,13-17H2,1-2H3/t21-/m1/s1. The van der Waals surface area contributed by atoms with E-state index in [2.05, 4.69) is 93.8 Å². The van der Waals surface area contributed by atoms with Gasteiger partial charge < -0.3 is 4.90 Å². The van der Waals surface area contributed by atoms with Gasteiger partial charge in [0.05, 0.1) is 12.6 Å². The third-order valence-corrected chi connectivity index (χ3v) is 5.46. The molecule has 0 aliphatic carbocycles. The third-order valence-electron chi connectivity index (χ3n) is 5.46. The molecule has 0 radical (unpaired) electrons. The lowest BCUT2D eigenvalue weighted by molar-refractivity contribution is 0.135. The molecular weight excluding hydrogens is 348 g/mol. The Morgan fingerprint density at radius 3 is 2.14 bits per heavy atom. The zero-order valence-corrected chi connectivity index (χ0v) is 16.6. The first-order valence-electron chi connectivity index (χ1n) is 10.1. The lowest BCUT2D eigenvalue weighted by Crippen LogP contribution is -2.49. The molecule has 6 heteroatoms. The Bertz CT molecular complexity index is 853. The first-order chi connectivity index (χ1) is 13.7. The van der Waals surface area contributed by atoms with Crippen molar-refractivity contribution in [2.75, 3.05) is 31.1 Å². The summed E-state index contributed by atoms with van der Waals surface area (Å²) in [7, 11) is 0. The van der Waals surface area contributed by atoms with Gasteiger partial charge in [-0.25, -0.2) is 4.68 Å². The molecule has 2 heterocycles. The van der Waals surface area contributed by atoms with Gasteiger partial charge in [-0.3, -0.25) is 4.90 Å². The summed E-state index contributed by atoms with van der Waals surface area (Å²) < 4.78 is 1.96. The number of benzene rings is 2. The van der Waals surface area contributed by atoms with Crippen LogP contribution in [0.4, 0.5) is 5.69 Å². The molecule has 0 spiro atoms. The Labute approximate surface area is 166 Å². The fourth-order valence-electron chi connectivity index (χ4n) is 4.07. The molecule has 0 saturated carbocycles. The summed E-state index contributed by atoms with van der Waals surface area (Å²) in [6.07, 6.45) is 0. The van der Waals surface area contributed by atoms with E-state index in [0.29, 0.717) is 12.5 Å². The molecule has 6 nitrogen and oxygen atoms in total. The SMILES string of the molecule is CC(C)[C@H](c1nnnn1Cc1ccccc1)N1CCN(c2ccccc2)CC1. The summed E-state index contributed by atoms with van der Waals surface area (Å²) in [5, 5.41) is 12.7. The van der Waals surface area contributed by atoms with Gasteiger partial charge in [-0.05, 0) is 34.0 Å². The second-order valence-corrected chi connectivity index (χ2v) is 7.73. The second kappa shape index (κ2) is 8.52. The molecule has 3 aromatic rings. The van der Waals surface area contributed by atoms with Crippen LogP contribution in [0.15, 0.2) is 60.7 Å². The van der Waals surface area contributed by atoms with Gasteiger partial charge in [-0.2, -0.15) is 0 Å². The summed E-state index contributed by atoms with van der Waals surface area (Å²) >= 11 is 0. The van der Waals surface area contributed by atoms with Gasteiger partial charge in [0.2, 0.25) is 0 Å². The number of nitrogens with zero attached hydrogens (tertiary/aromatic N) is 6. The van der Waals surface area contributed by atoms with E-state index in [0.717, 1.165) is 32.0 Å². The van der Waals surface area contributed by atoms with Crippen LogP contribution in [-0.2, 0) is 6.54 Å². The minimum atomic E-state index is 0.219. The van der Waals surface area contributed by atoms with Crippen LogP contribution in [0.25, 0.3) is 0 Å². The van der Waals surface area contributed by atoms with Crippen LogP contribution in [0.3, 0.4) is 0 Å². The quantitative estimate of drug-likeness (QED) is 0.661. The van der Waals surface area contributed by atoms with Crippen molar-refractivity contribution in [1.29, 1.82) is 0 Å². The van der Waals surface area contributed by atoms with Gasteiger partial charge >= 0.3 is 0 Å². The maximum Gasteiger partial charge on any atom is 0.169 e. The highest BCUT2D eigenvalue weighted by molar-refractivity contribution is 5.46. The van der Waals surface area contributed by atoms with Crippen LogP contribution in [0.5, 0.6) is 0 Å². The van der Waals surface area contributed by atoms with Crippen LogP contribution < -0.4 is 4.90 Å². The summed E-state index contributed by atoms with van der Waals surface area (Å²) in [5.41, 5.74) is 2.52. The van der Waals surface area contributed by atoms with Crippen molar-refractivity contribution in [1.82, 2.24) is 25.1 Å². The molecule has 0 N–H and O–H groups in total. The van der Waals surface area contributed by atoms with Gasteiger partial charge in [-0.1, -0.05) is 62.4 Å². The zero-order valence-electron chi connectivity index (χ0n) is 16.6. The molecule has 4 rings (SSSR count). The van der Waals surface area contributed by atoms with E-state index in [1.165, 1.54) is 11.3 Å². The minimum absolute atomic E-state index is 0.219. The van der Waals surface area contributed by atoms with E-state index in [-0.39, 0.29) is 6.04 Å². The average molecular weight is 377 g/mol. The maximum absolute atomic E-state index is 4.43. The van der Waals surface area contributed by atoms with Gasteiger partial charge in [0, 0.05) is 31.9 Å². The fraction of sp³-hybridized carbons (Fsp3) is 0.409. The van der Waals surface area contributed by atoms with Gasteiger partial charge in [0.1, 0.15) is 0 Å². The van der Waals surface area contributed by atoms with Crippen LogP contribution in [0.1, 0.15) is 31.3 Å². The Kier molecular flexibility index (Phi) is 5.67. The Hall–Kier alpha value is -2.73. The zero-order chi connectivity index (χ0) is 19.3. The van der Waals surface area contributed by atoms with E-state index in [1.54, 1.807) is 0 Å². The Morgan fingerprint density at radius 2 is 1.50 bits per heavy atom. The minimum Gasteiger partial charge on any atom is -0.369 e. The monoisotopic (exact) mass is 376 g/mol. The molecular formula is C22H28N6. The van der Waals surface area contributed by atoms with Crippen molar-refractivity contribution in [2.24, 2.45) is 5.92 Å². The van der Waals surface area contributed by atoms with Crippen LogP contribution >= 0.6 is 0 Å². The van der Waals surface area contributed by atoms with Crippen molar-refractivity contribution in [3.8, 4) is 0 Å². The topological polar surface area (TPSA) is 50.1 Å². The highest BCUT2D eigenvalue weighted by atomic mass is 15.6. The van der Waals surface area contributed by atoms with Crippen molar-refractivity contribution >= 4 is 5.69 Å². The van der Waals surface area contributed by atoms with Gasteiger partial charge in [0.25, 0.3) is 0 Å². The summed E-state index contributed by atoms with van der Waals surface area (Å²) in [6.45, 7) is 9.29. The van der Waals surface area contributed by atoms with Crippen LogP contribution in [0, 0.1) is 5.92 Å². The van der Waals surface area contributed by atoms with E-state index in [9.17, 15) is 0 Å². The van der Waals surface area contributed by atoms with Crippen molar-refractivity contribution < 1.29 is 0 Å². The van der Waals surface area contributed by atoms with Gasteiger partial charge in [0.15, 0.2) is 5.82 Å². The van der Waals surface area contributed by atoms with Crippen molar-refractivity contribution in [3.05, 3.63) is 72.1 Å². The highest BCUT2D eigenvalue weighted by Gasteiger charge is 2.31. The molecule has 28 heavy (non-hydrogen) atoms. The number of piperazine rings is 1. The molecule has 1 atom stereocenters. The predicted octanol–water partition coefficient (Wildman–Crippen LogP) is 3.24. The summed E-state index contributed by atoms with van der Waals surface area (Å²) in [4.78, 5) is 5.00. The van der Waals surface area contributed by atoms with E-state index in [1.807, 2.05) is 10.7 Å². The summed E-state index contributed by atoms with van der Waals surface area (Å²) in [5.74, 6) is 1.40. The lowest BCUT2D eigenvalue weighted by atomic mass is 10.0. The normalized spacial score (nSPS) is 16.5. The van der Waals surface area contributed by atoms with E-state index < -0.39 is 0 Å². The fourth-order valence-corrected chi connectivity index (χ4v) is 4.07. The third kappa shape index (κ3) is 4.07. The van der Waals surface area contributed by atoms with Crippen LogP contribution in [-0.4, -0.2) is 51.3 Å². The number of anilines is 1. The largest absolute Gasteiger partial charge is 0.369 e. The van der Waals surface area contributed by atoms with E-state index in [4.69, 9.17) is 0 Å². The van der Waals surface area contributed by atoms with Gasteiger partial charge in [-0.15, -0.1) is 5.10 Å². The molecule has 1 fully saturated rings. The summed E-state index contributed by atoms with van der Waals surface area (Å²) in [6, 6.07) is 21.3. The number of para-hydroxylation sites is 1. The Morgan fingerprint density at radius 1 is 0.857 bits per heavy atom. The molecule has 2 aromatic carbocycles. The van der Waals surface area contributed by atoms with E-state index >= 15 is 0 Å². The van der Waals surface area contributed by atoms with Crippen molar-refractivity contribution in [3.63, 3.8) is 0 Å². The maximum atomic E-state index is 4.43. The van der Waals surface area contributed by atoms with Crippen molar-refractivity contribution in [2.45, 2.75) is 26.4 Å². The molecule has 0 unspecified atom stereocenters. The predicted molar refractivity (Wildman–Crippen MR) is 111 cm³/mol. The number of rotatable bonds is 6. The number of hydrogen-bond donors (Lipinski definition) is 0. The second-order valence-electron chi connectivity index (χ2n) is 7.73. The Balaban J connectivity index is 1.49. The number of hydrogen-bond acceptors (Lipinski definition) is 5. The molecule has 1 saturated heterocycles. The first-order valence-corrected chi connectivity index (χ1v) is 10.1. The molecule has 0 amide bonds. The average Bonchev–Trinajstić information content (AvgIpc) is 3.17. The molecule has 1 aliphatic rings. The number of tetrazole rings is 1. The van der Waals surface area contributed by atoms with Crippen LogP contribution in [0.2, 0.25) is 0 Å². The first kappa shape index (κ1) is 18.6. The molecule has 1 aromatic heterocycles. The molecule has 1 aliphatic heterocycles. The lowest BCUT2D eigenvalue weighted by Gasteiger charge is -2.41. The molecule has 0 bridgehead atoms. The smallest absolute Gasteiger partial charge is 0.169 e. The highest BCUT2D eigenvalue weighted by Crippen LogP contribution is 2.29.